The summed E-state index contributed by atoms with van der Waals surface area (Å²) in [6, 6.07) is 1.57. The molecule has 0 atom stereocenters. The Hall–Kier alpha value is -0.350. The lowest BCUT2D eigenvalue weighted by atomic mass is 10.2. The Bertz CT molecular complexity index is 374. The van der Waals surface area contributed by atoms with Gasteiger partial charge in [0.2, 0.25) is 0 Å². The number of Topliss-reactive ketones (excluding diaryl/α,β-unsaturated/α-hetero) is 1. The van der Waals surface area contributed by atoms with E-state index in [4.69, 9.17) is 27.9 Å². The molecular formula is C11H12Cl2O2S. The van der Waals surface area contributed by atoms with Gasteiger partial charge in [0.25, 0.3) is 0 Å². The molecule has 0 saturated carbocycles. The molecule has 0 spiro atoms. The summed E-state index contributed by atoms with van der Waals surface area (Å²) in [4.78, 5) is 11.6. The minimum Gasteiger partial charge on any atom is -0.373 e. The van der Waals surface area contributed by atoms with Gasteiger partial charge in [-0.25, -0.2) is 0 Å². The first-order valence-corrected chi connectivity index (χ1v) is 6.39. The van der Waals surface area contributed by atoms with Gasteiger partial charge in [0, 0.05) is 6.61 Å². The first kappa shape index (κ1) is 13.7. The number of carbonyl (C=O) groups excluding carboxylic acids is 1. The Morgan fingerprint density at radius 3 is 2.88 bits per heavy atom. The van der Waals surface area contributed by atoms with Gasteiger partial charge in [-0.3, -0.25) is 4.79 Å². The second-order valence-electron chi connectivity index (χ2n) is 3.14. The van der Waals surface area contributed by atoms with Gasteiger partial charge in [0.05, 0.1) is 9.90 Å². The van der Waals surface area contributed by atoms with Crippen LogP contribution in [0.3, 0.4) is 0 Å². The van der Waals surface area contributed by atoms with Crippen LogP contribution in [-0.4, -0.2) is 19.0 Å². The molecule has 16 heavy (non-hydrogen) atoms. The van der Waals surface area contributed by atoms with Crippen molar-refractivity contribution in [1.82, 2.24) is 0 Å². The third kappa shape index (κ3) is 4.26. The van der Waals surface area contributed by atoms with E-state index in [1.807, 2.05) is 6.08 Å². The van der Waals surface area contributed by atoms with Gasteiger partial charge < -0.3 is 4.74 Å². The van der Waals surface area contributed by atoms with Gasteiger partial charge in [-0.05, 0) is 18.9 Å². The van der Waals surface area contributed by atoms with Crippen LogP contribution in [0.1, 0.15) is 23.2 Å². The molecule has 2 nitrogen and oxygen atoms in total. The third-order valence-electron chi connectivity index (χ3n) is 1.89. The van der Waals surface area contributed by atoms with Crippen LogP contribution < -0.4 is 0 Å². The molecule has 0 aliphatic rings. The van der Waals surface area contributed by atoms with E-state index in [9.17, 15) is 4.79 Å². The predicted molar refractivity (Wildman–Crippen MR) is 68.9 cm³/mol. The van der Waals surface area contributed by atoms with Crippen molar-refractivity contribution in [3.05, 3.63) is 33.0 Å². The molecule has 1 aromatic rings. The molecule has 0 saturated heterocycles. The van der Waals surface area contributed by atoms with Crippen molar-refractivity contribution in [3.8, 4) is 0 Å². The minimum absolute atomic E-state index is 0.0456. The van der Waals surface area contributed by atoms with Crippen molar-refractivity contribution in [1.29, 1.82) is 0 Å². The number of unbranched alkanes of at least 4 members (excludes halogenated alkanes) is 1. The molecule has 0 aromatic carbocycles. The quantitative estimate of drug-likeness (QED) is 0.424. The van der Waals surface area contributed by atoms with Crippen LogP contribution in [0.5, 0.6) is 0 Å². The average molecular weight is 279 g/mol. The summed E-state index contributed by atoms with van der Waals surface area (Å²) >= 11 is 12.8. The Morgan fingerprint density at radius 1 is 1.56 bits per heavy atom. The highest BCUT2D eigenvalue weighted by atomic mass is 35.5. The van der Waals surface area contributed by atoms with Crippen LogP contribution in [-0.2, 0) is 4.74 Å². The number of hydrogen-bond donors (Lipinski definition) is 0. The number of carbonyl (C=O) groups is 1. The third-order valence-corrected chi connectivity index (χ3v) is 3.37. The van der Waals surface area contributed by atoms with E-state index in [-0.39, 0.29) is 12.4 Å². The summed E-state index contributed by atoms with van der Waals surface area (Å²) < 4.78 is 6.16. The number of rotatable bonds is 7. The fraction of sp³-hybridized carbons (Fsp3) is 0.364. The van der Waals surface area contributed by atoms with Crippen LogP contribution in [0.25, 0.3) is 0 Å². The highest BCUT2D eigenvalue weighted by Gasteiger charge is 2.13. The first-order chi connectivity index (χ1) is 7.65. The Kier molecular flexibility index (Phi) is 6.06. The van der Waals surface area contributed by atoms with E-state index in [1.165, 1.54) is 11.3 Å². The van der Waals surface area contributed by atoms with E-state index in [0.717, 1.165) is 12.8 Å². The first-order valence-electron chi connectivity index (χ1n) is 4.82. The van der Waals surface area contributed by atoms with Gasteiger partial charge in [-0.1, -0.05) is 29.3 Å². The maximum atomic E-state index is 11.6. The zero-order valence-corrected chi connectivity index (χ0v) is 11.0. The average Bonchev–Trinajstić information content (AvgIpc) is 2.57. The summed E-state index contributed by atoms with van der Waals surface area (Å²) in [6.45, 7) is 4.20. The number of ether oxygens (including phenoxy) is 1. The molecule has 0 amide bonds. The monoisotopic (exact) mass is 278 g/mol. The molecule has 0 fully saturated rings. The van der Waals surface area contributed by atoms with Gasteiger partial charge in [-0.15, -0.1) is 17.9 Å². The smallest absolute Gasteiger partial charge is 0.190 e. The van der Waals surface area contributed by atoms with E-state index < -0.39 is 0 Å². The molecule has 1 rings (SSSR count). The summed E-state index contributed by atoms with van der Waals surface area (Å²) in [5.41, 5.74) is 0.445. The highest BCUT2D eigenvalue weighted by Crippen LogP contribution is 2.31. The molecule has 1 aromatic heterocycles. The molecule has 5 heteroatoms. The fourth-order valence-electron chi connectivity index (χ4n) is 1.10. The van der Waals surface area contributed by atoms with Crippen LogP contribution in [0.4, 0.5) is 0 Å². The lowest BCUT2D eigenvalue weighted by Gasteiger charge is -2.01. The topological polar surface area (TPSA) is 26.3 Å². The van der Waals surface area contributed by atoms with Crippen molar-refractivity contribution in [2.45, 2.75) is 12.8 Å². The second-order valence-corrected chi connectivity index (χ2v) is 5.43. The number of halogens is 2. The van der Waals surface area contributed by atoms with Crippen LogP contribution >= 0.6 is 34.5 Å². The normalized spacial score (nSPS) is 10.4. The van der Waals surface area contributed by atoms with Gasteiger partial charge in [0.1, 0.15) is 10.9 Å². The predicted octanol–water partition coefficient (Wildman–Crippen LogP) is 4.22. The lowest BCUT2D eigenvalue weighted by Crippen LogP contribution is -2.09. The van der Waals surface area contributed by atoms with Gasteiger partial charge in [-0.2, -0.15) is 0 Å². The Balaban J connectivity index is 2.35. The van der Waals surface area contributed by atoms with Crippen LogP contribution in [0, 0.1) is 0 Å². The summed E-state index contributed by atoms with van der Waals surface area (Å²) in [5, 5.41) is 0. The van der Waals surface area contributed by atoms with E-state index in [0.29, 0.717) is 20.8 Å². The zero-order chi connectivity index (χ0) is 12.0. The van der Waals surface area contributed by atoms with Gasteiger partial charge >= 0.3 is 0 Å². The number of allylic oxidation sites excluding steroid dienone is 1. The van der Waals surface area contributed by atoms with Crippen molar-refractivity contribution < 1.29 is 9.53 Å². The summed E-state index contributed by atoms with van der Waals surface area (Å²) in [5.74, 6) is -0.133. The molecule has 0 bridgehead atoms. The molecule has 0 radical (unpaired) electrons. The summed E-state index contributed by atoms with van der Waals surface area (Å²) in [6.07, 6.45) is 3.58. The molecule has 0 aliphatic carbocycles. The minimum atomic E-state index is -0.133. The van der Waals surface area contributed by atoms with E-state index in [2.05, 4.69) is 6.58 Å². The molecule has 0 aliphatic heterocycles. The molecule has 1 heterocycles. The van der Waals surface area contributed by atoms with Crippen molar-refractivity contribution in [2.75, 3.05) is 13.2 Å². The van der Waals surface area contributed by atoms with E-state index in [1.54, 1.807) is 6.07 Å². The maximum absolute atomic E-state index is 11.6. The summed E-state index contributed by atoms with van der Waals surface area (Å²) in [7, 11) is 0. The van der Waals surface area contributed by atoms with Crippen molar-refractivity contribution >= 4 is 40.3 Å². The van der Waals surface area contributed by atoms with Crippen LogP contribution in [0.2, 0.25) is 8.67 Å². The standard InChI is InChI=1S/C11H12Cl2O2S/c1-2-3-4-5-15-7-9(14)8-6-10(12)16-11(8)13/h2,6H,1,3-5,7H2. The van der Waals surface area contributed by atoms with Crippen LogP contribution in [0.15, 0.2) is 18.7 Å². The van der Waals surface area contributed by atoms with E-state index >= 15 is 0 Å². The number of ketones is 1. The van der Waals surface area contributed by atoms with Gasteiger partial charge in [0.15, 0.2) is 5.78 Å². The second kappa shape index (κ2) is 7.07. The molecule has 0 N–H and O–H groups in total. The Morgan fingerprint density at radius 2 is 2.31 bits per heavy atom. The largest absolute Gasteiger partial charge is 0.373 e. The van der Waals surface area contributed by atoms with Crippen molar-refractivity contribution in [2.24, 2.45) is 0 Å². The Labute approximate surface area is 109 Å². The fourth-order valence-corrected chi connectivity index (χ4v) is 2.60. The van der Waals surface area contributed by atoms with Crippen molar-refractivity contribution in [3.63, 3.8) is 0 Å². The molecular weight excluding hydrogens is 267 g/mol. The highest BCUT2D eigenvalue weighted by molar-refractivity contribution is 7.20. The molecule has 0 unspecified atom stereocenters. The zero-order valence-electron chi connectivity index (χ0n) is 8.67. The SMILES string of the molecule is C=CCCCOCC(=O)c1cc(Cl)sc1Cl. The number of thiophene rings is 1. The number of hydrogen-bond acceptors (Lipinski definition) is 3. The lowest BCUT2D eigenvalue weighted by molar-refractivity contribution is 0.0757. The maximum Gasteiger partial charge on any atom is 0.190 e. The molecule has 88 valence electrons.